The quantitative estimate of drug-likeness (QED) is 0.437. The molecule has 29 heavy (non-hydrogen) atoms. The third-order valence-corrected chi connectivity index (χ3v) is 4.28. The van der Waals surface area contributed by atoms with Crippen molar-refractivity contribution in [2.75, 3.05) is 11.9 Å². The van der Waals surface area contributed by atoms with Crippen molar-refractivity contribution in [3.63, 3.8) is 0 Å². The predicted molar refractivity (Wildman–Crippen MR) is 113 cm³/mol. The van der Waals surface area contributed by atoms with Crippen LogP contribution < -0.4 is 21.3 Å². The number of benzene rings is 2. The molecule has 0 aliphatic carbocycles. The van der Waals surface area contributed by atoms with Gasteiger partial charge in [-0.15, -0.1) is 12.4 Å². The van der Waals surface area contributed by atoms with Gasteiger partial charge in [0, 0.05) is 11.0 Å². The van der Waals surface area contributed by atoms with Crippen molar-refractivity contribution < 1.29 is 19.4 Å². The number of nitrogens with one attached hydrogen (secondary N) is 2. The second kappa shape index (κ2) is 9.50. The normalized spacial score (nSPS) is 11.9. The number of fused-ring (bicyclic) bond motifs is 2. The average molecular weight is 484 g/mol. The van der Waals surface area contributed by atoms with E-state index in [-0.39, 0.29) is 30.7 Å². The number of hydrogen-bond acceptors (Lipinski definition) is 6. The van der Waals surface area contributed by atoms with Crippen LogP contribution in [0.25, 0.3) is 10.9 Å². The highest BCUT2D eigenvalue weighted by Gasteiger charge is 2.15. The molecule has 0 fully saturated rings. The summed E-state index contributed by atoms with van der Waals surface area (Å²) < 4.78 is 5.92. The van der Waals surface area contributed by atoms with E-state index in [1.54, 1.807) is 18.2 Å². The summed E-state index contributed by atoms with van der Waals surface area (Å²) in [5.41, 5.74) is 7.05. The van der Waals surface area contributed by atoms with Gasteiger partial charge in [0.05, 0.1) is 16.6 Å². The first-order valence-corrected chi connectivity index (χ1v) is 8.85. The highest BCUT2D eigenvalue weighted by atomic mass is 79.9. The van der Waals surface area contributed by atoms with E-state index in [4.69, 9.17) is 15.6 Å². The van der Waals surface area contributed by atoms with Gasteiger partial charge in [-0.3, -0.25) is 9.59 Å². The van der Waals surface area contributed by atoms with Crippen LogP contribution in [0.1, 0.15) is 16.2 Å². The highest BCUT2D eigenvalue weighted by molar-refractivity contribution is 9.10. The zero-order valence-corrected chi connectivity index (χ0v) is 17.2. The Morgan fingerprint density at radius 1 is 1.24 bits per heavy atom. The summed E-state index contributed by atoms with van der Waals surface area (Å²) in [6.07, 6.45) is 0. The largest absolute Gasteiger partial charge is 0.482 e. The molecule has 1 aliphatic rings. The topological polar surface area (TPSA) is 147 Å². The molecule has 9 nitrogen and oxygen atoms in total. The van der Waals surface area contributed by atoms with Crippen LogP contribution in [0.2, 0.25) is 0 Å². The van der Waals surface area contributed by atoms with Crippen molar-refractivity contribution >= 4 is 56.8 Å². The smallest absolute Gasteiger partial charge is 0.372 e. The molecular weight excluding hydrogens is 468 g/mol. The second-order valence-corrected chi connectivity index (χ2v) is 6.67. The molecule has 0 atom stereocenters. The van der Waals surface area contributed by atoms with Crippen molar-refractivity contribution in [1.29, 1.82) is 0 Å². The molecule has 152 valence electrons. The van der Waals surface area contributed by atoms with E-state index in [0.717, 1.165) is 10.0 Å². The first-order chi connectivity index (χ1) is 13.4. The maximum atomic E-state index is 11.5. The minimum absolute atomic E-state index is 0. The standard InChI is InChI=1S/C9H5BrN2O3.C9H10N2O2.ClH/c10-4-1-2-6-5(3-4)8(13)12-7(11-6)9(14)15;10-4-6-1-2-8-7(3-6)11-9(12)5-13-8;/h1-3H,(H,14,15)(H,11,12,13);1-3H,4-5,10H2,(H,11,12);1H. The summed E-state index contributed by atoms with van der Waals surface area (Å²) in [5, 5.41) is 11.8. The fraction of sp³-hybridized carbons (Fsp3) is 0.111. The number of carboxylic acids is 1. The number of rotatable bonds is 2. The molecule has 0 bridgehead atoms. The lowest BCUT2D eigenvalue weighted by Gasteiger charge is -2.18. The number of anilines is 1. The van der Waals surface area contributed by atoms with Crippen LogP contribution >= 0.6 is 28.3 Å². The lowest BCUT2D eigenvalue weighted by Crippen LogP contribution is -2.25. The Morgan fingerprint density at radius 2 is 2.00 bits per heavy atom. The van der Waals surface area contributed by atoms with Gasteiger partial charge in [-0.25, -0.2) is 9.78 Å². The number of aromatic amines is 1. The van der Waals surface area contributed by atoms with Crippen LogP contribution in [-0.2, 0) is 11.3 Å². The molecule has 5 N–H and O–H groups in total. The van der Waals surface area contributed by atoms with E-state index in [1.165, 1.54) is 0 Å². The van der Waals surface area contributed by atoms with Gasteiger partial charge in [0.15, 0.2) is 6.61 Å². The number of carbonyl (C=O) groups excluding carboxylic acids is 1. The summed E-state index contributed by atoms with van der Waals surface area (Å²) in [7, 11) is 0. The minimum Gasteiger partial charge on any atom is -0.482 e. The molecular formula is C18H16BrClN4O5. The van der Waals surface area contributed by atoms with Gasteiger partial charge in [0.2, 0.25) is 5.82 Å². The SMILES string of the molecule is Cl.NCc1ccc2c(c1)NC(=O)CO2.O=C(O)c1nc2ccc(Br)cc2c(=O)[nH]1. The van der Waals surface area contributed by atoms with Crippen LogP contribution in [-0.4, -0.2) is 33.6 Å². The molecule has 1 aromatic heterocycles. The number of nitrogens with two attached hydrogens (primary N) is 1. The molecule has 0 saturated carbocycles. The predicted octanol–water partition coefficient (Wildman–Crippen LogP) is 2.28. The fourth-order valence-corrected chi connectivity index (χ4v) is 2.83. The Kier molecular flexibility index (Phi) is 7.32. The van der Waals surface area contributed by atoms with E-state index in [1.807, 2.05) is 18.2 Å². The molecule has 11 heteroatoms. The van der Waals surface area contributed by atoms with Crippen LogP contribution in [0.3, 0.4) is 0 Å². The van der Waals surface area contributed by atoms with Crippen molar-refractivity contribution in [2.45, 2.75) is 6.54 Å². The average Bonchev–Trinajstić information content (AvgIpc) is 2.68. The third-order valence-electron chi connectivity index (χ3n) is 3.78. The van der Waals surface area contributed by atoms with Crippen molar-refractivity contribution in [1.82, 2.24) is 9.97 Å². The number of H-pyrrole nitrogens is 1. The van der Waals surface area contributed by atoms with Crippen LogP contribution in [0.4, 0.5) is 5.69 Å². The van der Waals surface area contributed by atoms with Crippen molar-refractivity contribution in [2.24, 2.45) is 5.73 Å². The number of carbonyl (C=O) groups is 2. The summed E-state index contributed by atoms with van der Waals surface area (Å²) in [5.74, 6) is -1.02. The van der Waals surface area contributed by atoms with Crippen molar-refractivity contribution in [3.05, 3.63) is 62.6 Å². The van der Waals surface area contributed by atoms with Crippen LogP contribution in [0.15, 0.2) is 45.7 Å². The number of aromatic carboxylic acids is 1. The number of ether oxygens (including phenoxy) is 1. The molecule has 2 heterocycles. The van der Waals surface area contributed by atoms with E-state index in [0.29, 0.717) is 28.9 Å². The van der Waals surface area contributed by atoms with E-state index in [2.05, 4.69) is 31.2 Å². The zero-order valence-electron chi connectivity index (χ0n) is 14.8. The molecule has 4 rings (SSSR count). The Balaban J connectivity index is 0.000000202. The Hall–Kier alpha value is -2.95. The lowest BCUT2D eigenvalue weighted by molar-refractivity contribution is -0.118. The summed E-state index contributed by atoms with van der Waals surface area (Å²) in [6.45, 7) is 0.554. The number of aromatic nitrogens is 2. The molecule has 3 aromatic rings. The first kappa shape index (κ1) is 22.3. The maximum Gasteiger partial charge on any atom is 0.372 e. The van der Waals surface area contributed by atoms with E-state index >= 15 is 0 Å². The number of carboxylic acid groups (broad SMARTS) is 1. The molecule has 1 amide bonds. The Morgan fingerprint density at radius 3 is 2.69 bits per heavy atom. The molecule has 0 spiro atoms. The summed E-state index contributed by atoms with van der Waals surface area (Å²) in [4.78, 5) is 39.0. The number of amides is 1. The Bertz CT molecular complexity index is 1130. The fourth-order valence-electron chi connectivity index (χ4n) is 2.47. The Labute approximate surface area is 178 Å². The molecule has 0 unspecified atom stereocenters. The molecule has 0 radical (unpaired) electrons. The number of halogens is 2. The monoisotopic (exact) mass is 482 g/mol. The minimum atomic E-state index is -1.25. The number of hydrogen-bond donors (Lipinski definition) is 4. The molecule has 2 aromatic carbocycles. The maximum absolute atomic E-state index is 11.5. The van der Waals surface area contributed by atoms with Crippen molar-refractivity contribution in [3.8, 4) is 5.75 Å². The van der Waals surface area contributed by atoms with Gasteiger partial charge in [-0.2, -0.15) is 0 Å². The van der Waals surface area contributed by atoms with Gasteiger partial charge >= 0.3 is 5.97 Å². The second-order valence-electron chi connectivity index (χ2n) is 5.75. The summed E-state index contributed by atoms with van der Waals surface area (Å²) in [6, 6.07) is 10.4. The molecule has 1 aliphatic heterocycles. The van der Waals surface area contributed by atoms with Crippen LogP contribution in [0, 0.1) is 0 Å². The van der Waals surface area contributed by atoms with Crippen LogP contribution in [0.5, 0.6) is 5.75 Å². The highest BCUT2D eigenvalue weighted by Crippen LogP contribution is 2.28. The van der Waals surface area contributed by atoms with Gasteiger partial charge in [-0.05, 0) is 35.9 Å². The van der Waals surface area contributed by atoms with Gasteiger partial charge in [-0.1, -0.05) is 22.0 Å². The zero-order chi connectivity index (χ0) is 20.3. The van der Waals surface area contributed by atoms with E-state index < -0.39 is 11.5 Å². The summed E-state index contributed by atoms with van der Waals surface area (Å²) >= 11 is 3.22. The van der Waals surface area contributed by atoms with E-state index in [9.17, 15) is 14.4 Å². The first-order valence-electron chi connectivity index (χ1n) is 8.06. The number of nitrogens with zero attached hydrogens (tertiary/aromatic N) is 1. The van der Waals surface area contributed by atoms with Gasteiger partial charge < -0.3 is 25.9 Å². The molecule has 0 saturated heterocycles. The lowest BCUT2D eigenvalue weighted by atomic mass is 10.1. The third kappa shape index (κ3) is 5.31. The van der Waals surface area contributed by atoms with Gasteiger partial charge in [0.25, 0.3) is 11.5 Å². The van der Waals surface area contributed by atoms with Gasteiger partial charge in [0.1, 0.15) is 5.75 Å².